The Morgan fingerprint density at radius 3 is 2.79 bits per heavy atom. The molecule has 2 rings (SSSR count). The number of nitrogens with zero attached hydrogens (tertiary/aromatic N) is 2. The van der Waals surface area contributed by atoms with E-state index in [1.807, 2.05) is 0 Å². The number of aromatic nitrogens is 2. The summed E-state index contributed by atoms with van der Waals surface area (Å²) in [6, 6.07) is 3.31. The molecule has 2 aromatic rings. The van der Waals surface area contributed by atoms with E-state index in [0.29, 0.717) is 35.5 Å². The van der Waals surface area contributed by atoms with Crippen molar-refractivity contribution in [1.29, 1.82) is 0 Å². The van der Waals surface area contributed by atoms with Crippen LogP contribution >= 0.6 is 0 Å². The molecule has 1 heterocycles. The number of hydrogen-bond donors (Lipinski definition) is 2. The van der Waals surface area contributed by atoms with E-state index in [1.54, 1.807) is 56.9 Å². The van der Waals surface area contributed by atoms with Gasteiger partial charge in [0.25, 0.3) is 0 Å². The van der Waals surface area contributed by atoms with Gasteiger partial charge in [0.2, 0.25) is 0 Å². The number of rotatable bonds is 4. The Hall–Kier alpha value is -2.57. The minimum absolute atomic E-state index is 0.346. The second kappa shape index (κ2) is 6.90. The van der Waals surface area contributed by atoms with Crippen LogP contribution in [0, 0.1) is 12.7 Å². The van der Waals surface area contributed by atoms with Gasteiger partial charge in [-0.05, 0) is 39.8 Å². The molecular formula is C17H23FN4O2. The number of carbonyl (C=O) groups excluding carboxylic acids is 1. The number of nitrogens with two attached hydrogens (primary N) is 1. The number of nitrogen functional groups attached to an aromatic ring is 1. The zero-order valence-electron chi connectivity index (χ0n) is 14.4. The van der Waals surface area contributed by atoms with Gasteiger partial charge in [-0.3, -0.25) is 4.68 Å². The first-order valence-electron chi connectivity index (χ1n) is 7.71. The number of ether oxygens (including phenoxy) is 1. The Labute approximate surface area is 140 Å². The van der Waals surface area contributed by atoms with Crippen LogP contribution in [0.4, 0.5) is 14.9 Å². The molecule has 0 saturated heterocycles. The Balaban J connectivity index is 1.97. The van der Waals surface area contributed by atoms with Gasteiger partial charge in [0, 0.05) is 35.1 Å². The molecule has 0 unspecified atom stereocenters. The minimum Gasteiger partial charge on any atom is -0.444 e. The molecule has 0 fully saturated rings. The van der Waals surface area contributed by atoms with Crippen molar-refractivity contribution in [2.24, 2.45) is 0 Å². The largest absolute Gasteiger partial charge is 0.444 e. The van der Waals surface area contributed by atoms with Gasteiger partial charge in [0.15, 0.2) is 0 Å². The average Bonchev–Trinajstić information content (AvgIpc) is 2.91. The van der Waals surface area contributed by atoms with Crippen molar-refractivity contribution < 1.29 is 13.9 Å². The third-order valence-electron chi connectivity index (χ3n) is 3.38. The van der Waals surface area contributed by atoms with E-state index in [1.165, 1.54) is 0 Å². The van der Waals surface area contributed by atoms with Crippen LogP contribution in [0.2, 0.25) is 0 Å². The first-order valence-corrected chi connectivity index (χ1v) is 7.71. The molecule has 7 heteroatoms. The predicted octanol–water partition coefficient (Wildman–Crippen LogP) is 3.10. The molecule has 0 aliphatic carbocycles. The van der Waals surface area contributed by atoms with E-state index >= 15 is 0 Å². The molecular weight excluding hydrogens is 311 g/mol. The number of carbonyl (C=O) groups is 1. The van der Waals surface area contributed by atoms with E-state index in [0.717, 1.165) is 0 Å². The number of hydrogen-bond acceptors (Lipinski definition) is 4. The van der Waals surface area contributed by atoms with Crippen molar-refractivity contribution in [3.05, 3.63) is 35.9 Å². The summed E-state index contributed by atoms with van der Waals surface area (Å²) in [5.74, 6) is -0.346. The number of benzene rings is 1. The van der Waals surface area contributed by atoms with Gasteiger partial charge in [-0.25, -0.2) is 9.18 Å². The van der Waals surface area contributed by atoms with Gasteiger partial charge in [-0.1, -0.05) is 0 Å². The normalized spacial score (nSPS) is 11.4. The first-order chi connectivity index (χ1) is 11.2. The van der Waals surface area contributed by atoms with Crippen molar-refractivity contribution in [3.63, 3.8) is 0 Å². The highest BCUT2D eigenvalue weighted by molar-refractivity contribution is 5.68. The lowest BCUT2D eigenvalue weighted by atomic mass is 10.0. The quantitative estimate of drug-likeness (QED) is 0.842. The fourth-order valence-electron chi connectivity index (χ4n) is 2.13. The number of amides is 1. The summed E-state index contributed by atoms with van der Waals surface area (Å²) < 4.78 is 21.1. The molecule has 1 aromatic heterocycles. The maximum absolute atomic E-state index is 14.3. The van der Waals surface area contributed by atoms with Crippen LogP contribution in [0.5, 0.6) is 0 Å². The SMILES string of the molecule is Cc1c(N)ccc(-c2cnn(CCNC(=O)OC(C)(C)C)c2)c1F. The molecule has 130 valence electrons. The lowest BCUT2D eigenvalue weighted by Gasteiger charge is -2.19. The summed E-state index contributed by atoms with van der Waals surface area (Å²) >= 11 is 0. The Morgan fingerprint density at radius 1 is 1.42 bits per heavy atom. The van der Waals surface area contributed by atoms with Gasteiger partial charge >= 0.3 is 6.09 Å². The van der Waals surface area contributed by atoms with E-state index in [9.17, 15) is 9.18 Å². The zero-order valence-corrected chi connectivity index (χ0v) is 14.4. The Morgan fingerprint density at radius 2 is 2.12 bits per heavy atom. The van der Waals surface area contributed by atoms with E-state index < -0.39 is 11.7 Å². The maximum Gasteiger partial charge on any atom is 0.407 e. The minimum atomic E-state index is -0.534. The van der Waals surface area contributed by atoms with Crippen LogP contribution < -0.4 is 11.1 Å². The highest BCUT2D eigenvalue weighted by atomic mass is 19.1. The number of alkyl carbamates (subject to hydrolysis) is 1. The molecule has 0 aliphatic rings. The van der Waals surface area contributed by atoms with Gasteiger partial charge in [-0.15, -0.1) is 0 Å². The summed E-state index contributed by atoms with van der Waals surface area (Å²) in [7, 11) is 0. The molecule has 0 saturated carbocycles. The topological polar surface area (TPSA) is 82.2 Å². The van der Waals surface area contributed by atoms with E-state index in [4.69, 9.17) is 10.5 Å². The van der Waals surface area contributed by atoms with Crippen molar-refractivity contribution >= 4 is 11.8 Å². The van der Waals surface area contributed by atoms with Crippen LogP contribution in [0.1, 0.15) is 26.3 Å². The van der Waals surface area contributed by atoms with Crippen LogP contribution in [-0.2, 0) is 11.3 Å². The first kappa shape index (κ1) is 17.8. The maximum atomic E-state index is 14.3. The van der Waals surface area contributed by atoms with Gasteiger partial charge in [0.1, 0.15) is 11.4 Å². The van der Waals surface area contributed by atoms with E-state index in [2.05, 4.69) is 10.4 Å². The molecule has 0 atom stereocenters. The number of nitrogens with one attached hydrogen (secondary N) is 1. The lowest BCUT2D eigenvalue weighted by molar-refractivity contribution is 0.0525. The summed E-state index contributed by atoms with van der Waals surface area (Å²) in [6.07, 6.45) is 2.84. The third kappa shape index (κ3) is 4.47. The van der Waals surface area contributed by atoms with Crippen molar-refractivity contribution in [3.8, 4) is 11.1 Å². The predicted molar refractivity (Wildman–Crippen MR) is 91.0 cm³/mol. The fraction of sp³-hybridized carbons (Fsp3) is 0.412. The number of halogens is 1. The molecule has 0 spiro atoms. The van der Waals surface area contributed by atoms with Crippen molar-refractivity contribution in [2.45, 2.75) is 39.8 Å². The average molecular weight is 334 g/mol. The second-order valence-electron chi connectivity index (χ2n) is 6.56. The second-order valence-corrected chi connectivity index (χ2v) is 6.56. The summed E-state index contributed by atoms with van der Waals surface area (Å²) in [4.78, 5) is 11.6. The Bertz CT molecular complexity index is 735. The van der Waals surface area contributed by atoms with Crippen LogP contribution in [-0.4, -0.2) is 28.0 Å². The highest BCUT2D eigenvalue weighted by Gasteiger charge is 2.16. The lowest BCUT2D eigenvalue weighted by Crippen LogP contribution is -2.34. The molecule has 0 radical (unpaired) electrons. The molecule has 3 N–H and O–H groups in total. The number of anilines is 1. The van der Waals surface area contributed by atoms with Crippen LogP contribution in [0.25, 0.3) is 11.1 Å². The molecule has 0 aliphatic heterocycles. The van der Waals surface area contributed by atoms with Crippen molar-refractivity contribution in [2.75, 3.05) is 12.3 Å². The van der Waals surface area contributed by atoms with Crippen LogP contribution in [0.15, 0.2) is 24.5 Å². The van der Waals surface area contributed by atoms with E-state index in [-0.39, 0.29) is 5.82 Å². The Kier molecular flexibility index (Phi) is 5.11. The molecule has 1 aromatic carbocycles. The molecule has 1 amide bonds. The fourth-order valence-corrected chi connectivity index (χ4v) is 2.13. The van der Waals surface area contributed by atoms with Crippen molar-refractivity contribution in [1.82, 2.24) is 15.1 Å². The van der Waals surface area contributed by atoms with Gasteiger partial charge < -0.3 is 15.8 Å². The smallest absolute Gasteiger partial charge is 0.407 e. The standard InChI is InChI=1S/C17H23FN4O2/c1-11-14(19)6-5-13(15(11)18)12-9-21-22(10-12)8-7-20-16(23)24-17(2,3)4/h5-6,9-10H,7-8,19H2,1-4H3,(H,20,23). The van der Waals surface area contributed by atoms with Gasteiger partial charge in [-0.2, -0.15) is 5.10 Å². The summed E-state index contributed by atoms with van der Waals surface area (Å²) in [6.45, 7) is 7.86. The summed E-state index contributed by atoms with van der Waals surface area (Å²) in [5, 5.41) is 6.84. The highest BCUT2D eigenvalue weighted by Crippen LogP contribution is 2.27. The molecule has 24 heavy (non-hydrogen) atoms. The monoisotopic (exact) mass is 334 g/mol. The molecule has 0 bridgehead atoms. The van der Waals surface area contributed by atoms with Gasteiger partial charge in [0.05, 0.1) is 12.7 Å². The summed E-state index contributed by atoms with van der Waals surface area (Å²) in [5.41, 5.74) is 7.12. The van der Waals surface area contributed by atoms with Crippen LogP contribution in [0.3, 0.4) is 0 Å². The molecule has 6 nitrogen and oxygen atoms in total. The third-order valence-corrected chi connectivity index (χ3v) is 3.38. The zero-order chi connectivity index (χ0) is 17.9.